The highest BCUT2D eigenvalue weighted by Crippen LogP contribution is 2.18. The monoisotopic (exact) mass is 322 g/mol. The third-order valence-corrected chi connectivity index (χ3v) is 4.70. The maximum Gasteiger partial charge on any atom is 0.238 e. The minimum Gasteiger partial charge on any atom is -0.381 e. The molecule has 1 atom stereocenters. The third-order valence-electron chi connectivity index (χ3n) is 2.30. The predicted molar refractivity (Wildman–Crippen MR) is 70.6 cm³/mol. The van der Waals surface area contributed by atoms with Crippen LogP contribution in [0.25, 0.3) is 0 Å². The topological polar surface area (TPSA) is 59.5 Å². The molecule has 1 unspecified atom stereocenters. The van der Waals surface area contributed by atoms with Crippen LogP contribution in [0.4, 0.5) is 5.82 Å². The summed E-state index contributed by atoms with van der Waals surface area (Å²) in [5.74, 6) is 0.302. The Bertz CT molecular complexity index is 478. The first-order valence-electron chi connectivity index (χ1n) is 4.98. The molecule has 0 spiro atoms. The number of anilines is 1. The van der Waals surface area contributed by atoms with Crippen LogP contribution < -0.4 is 4.31 Å². The van der Waals surface area contributed by atoms with Gasteiger partial charge in [0.2, 0.25) is 10.0 Å². The van der Waals surface area contributed by atoms with Crippen LogP contribution in [0, 0.1) is 0 Å². The molecule has 0 amide bonds. The van der Waals surface area contributed by atoms with Crippen LogP contribution in [0.2, 0.25) is 0 Å². The molecular formula is C10H15BrN2O3S. The lowest BCUT2D eigenvalue weighted by atomic mass is 10.5. The van der Waals surface area contributed by atoms with Crippen molar-refractivity contribution in [2.75, 3.05) is 24.2 Å². The SMILES string of the molecule is COC(C)CS(=O)(=O)N(C)c1cc(Br)ccn1. The smallest absolute Gasteiger partial charge is 0.238 e. The molecule has 1 aromatic heterocycles. The molecule has 1 heterocycles. The number of ether oxygens (including phenoxy) is 1. The van der Waals surface area contributed by atoms with Crippen molar-refractivity contribution in [3.05, 3.63) is 22.8 Å². The molecule has 0 saturated carbocycles. The minimum atomic E-state index is -3.42. The fraction of sp³-hybridized carbons (Fsp3) is 0.500. The van der Waals surface area contributed by atoms with Gasteiger partial charge in [-0.1, -0.05) is 15.9 Å². The van der Waals surface area contributed by atoms with E-state index >= 15 is 0 Å². The van der Waals surface area contributed by atoms with Crippen LogP contribution in [-0.4, -0.2) is 39.4 Å². The second kappa shape index (κ2) is 5.79. The van der Waals surface area contributed by atoms with Crippen molar-refractivity contribution in [2.45, 2.75) is 13.0 Å². The third kappa shape index (κ3) is 3.93. The van der Waals surface area contributed by atoms with E-state index in [9.17, 15) is 8.42 Å². The zero-order valence-corrected chi connectivity index (χ0v) is 12.3. The van der Waals surface area contributed by atoms with Crippen molar-refractivity contribution in [1.29, 1.82) is 0 Å². The van der Waals surface area contributed by atoms with Gasteiger partial charge in [0.15, 0.2) is 0 Å². The average Bonchev–Trinajstić information content (AvgIpc) is 2.27. The quantitative estimate of drug-likeness (QED) is 0.827. The lowest BCUT2D eigenvalue weighted by molar-refractivity contribution is 0.136. The summed E-state index contributed by atoms with van der Waals surface area (Å²) in [6.45, 7) is 1.71. The molecule has 7 heteroatoms. The molecule has 1 rings (SSSR count). The highest BCUT2D eigenvalue weighted by Gasteiger charge is 2.22. The van der Waals surface area contributed by atoms with Gasteiger partial charge in [0, 0.05) is 24.8 Å². The van der Waals surface area contributed by atoms with E-state index in [2.05, 4.69) is 20.9 Å². The standard InChI is InChI=1S/C10H15BrN2O3S/c1-8(16-3)7-17(14,15)13(2)10-6-9(11)4-5-12-10/h4-6,8H,7H2,1-3H3. The van der Waals surface area contributed by atoms with E-state index < -0.39 is 10.0 Å². The lowest BCUT2D eigenvalue weighted by Gasteiger charge is -2.20. The molecular weight excluding hydrogens is 308 g/mol. The van der Waals surface area contributed by atoms with Gasteiger partial charge < -0.3 is 4.74 Å². The Hall–Kier alpha value is -0.660. The first-order chi connectivity index (χ1) is 7.86. The van der Waals surface area contributed by atoms with Crippen molar-refractivity contribution in [2.24, 2.45) is 0 Å². The highest BCUT2D eigenvalue weighted by molar-refractivity contribution is 9.10. The Labute approximate surface area is 110 Å². The number of pyridine rings is 1. The normalized spacial score (nSPS) is 13.4. The van der Waals surface area contributed by atoms with E-state index in [1.807, 2.05) is 0 Å². The molecule has 0 radical (unpaired) electrons. The highest BCUT2D eigenvalue weighted by atomic mass is 79.9. The molecule has 0 saturated heterocycles. The summed E-state index contributed by atoms with van der Waals surface area (Å²) in [7, 11) is -0.454. The second-order valence-corrected chi connectivity index (χ2v) is 6.59. The number of nitrogens with zero attached hydrogens (tertiary/aromatic N) is 2. The fourth-order valence-electron chi connectivity index (χ4n) is 1.18. The molecule has 0 N–H and O–H groups in total. The van der Waals surface area contributed by atoms with Crippen LogP contribution >= 0.6 is 15.9 Å². The van der Waals surface area contributed by atoms with Gasteiger partial charge in [-0.3, -0.25) is 4.31 Å². The van der Waals surface area contributed by atoms with Gasteiger partial charge in [0.25, 0.3) is 0 Å². The van der Waals surface area contributed by atoms with Crippen LogP contribution in [0.15, 0.2) is 22.8 Å². The van der Waals surface area contributed by atoms with Crippen molar-refractivity contribution in [3.8, 4) is 0 Å². The summed E-state index contributed by atoms with van der Waals surface area (Å²) in [5.41, 5.74) is 0. The fourth-order valence-corrected chi connectivity index (χ4v) is 2.85. The van der Waals surface area contributed by atoms with Gasteiger partial charge in [-0.2, -0.15) is 0 Å². The van der Waals surface area contributed by atoms with Crippen LogP contribution in [0.1, 0.15) is 6.92 Å². The zero-order chi connectivity index (χ0) is 13.1. The number of methoxy groups -OCH3 is 1. The predicted octanol–water partition coefficient (Wildman–Crippen LogP) is 1.64. The van der Waals surface area contributed by atoms with Gasteiger partial charge in [0.05, 0.1) is 11.9 Å². The minimum absolute atomic E-state index is 0.0752. The lowest BCUT2D eigenvalue weighted by Crippen LogP contribution is -2.34. The van der Waals surface area contributed by atoms with E-state index in [0.717, 1.165) is 8.78 Å². The van der Waals surface area contributed by atoms with E-state index in [1.54, 1.807) is 25.3 Å². The molecule has 0 fully saturated rings. The molecule has 0 bridgehead atoms. The van der Waals surface area contributed by atoms with Gasteiger partial charge >= 0.3 is 0 Å². The van der Waals surface area contributed by atoms with E-state index in [4.69, 9.17) is 4.74 Å². The number of hydrogen-bond acceptors (Lipinski definition) is 4. The summed E-state index contributed by atoms with van der Waals surface area (Å²) in [5, 5.41) is 0. The Morgan fingerprint density at radius 2 is 2.24 bits per heavy atom. The average molecular weight is 323 g/mol. The molecule has 0 aliphatic rings. The summed E-state index contributed by atoms with van der Waals surface area (Å²) in [6, 6.07) is 3.39. The van der Waals surface area contributed by atoms with Gasteiger partial charge in [-0.25, -0.2) is 13.4 Å². The van der Waals surface area contributed by atoms with E-state index in [0.29, 0.717) is 5.82 Å². The zero-order valence-electron chi connectivity index (χ0n) is 9.92. The maximum atomic E-state index is 12.0. The molecule has 96 valence electrons. The molecule has 0 aliphatic carbocycles. The number of hydrogen-bond donors (Lipinski definition) is 0. The summed E-state index contributed by atoms with van der Waals surface area (Å²) >= 11 is 3.28. The molecule has 17 heavy (non-hydrogen) atoms. The molecule has 1 aromatic rings. The van der Waals surface area contributed by atoms with Crippen LogP contribution in [0.5, 0.6) is 0 Å². The van der Waals surface area contributed by atoms with Gasteiger partial charge in [0.1, 0.15) is 5.82 Å². The number of aromatic nitrogens is 1. The number of sulfonamides is 1. The van der Waals surface area contributed by atoms with Gasteiger partial charge in [-0.05, 0) is 19.1 Å². The van der Waals surface area contributed by atoms with Crippen molar-refractivity contribution < 1.29 is 13.2 Å². The largest absolute Gasteiger partial charge is 0.381 e. The maximum absolute atomic E-state index is 12.0. The number of halogens is 1. The molecule has 0 aromatic carbocycles. The first kappa shape index (κ1) is 14.4. The number of rotatable bonds is 5. The Kier molecular flexibility index (Phi) is 4.91. The first-order valence-corrected chi connectivity index (χ1v) is 7.38. The Morgan fingerprint density at radius 1 is 1.59 bits per heavy atom. The summed E-state index contributed by atoms with van der Waals surface area (Å²) < 4.78 is 30.9. The van der Waals surface area contributed by atoms with Crippen LogP contribution in [0.3, 0.4) is 0 Å². The van der Waals surface area contributed by atoms with E-state index in [-0.39, 0.29) is 11.9 Å². The van der Waals surface area contributed by atoms with Crippen molar-refractivity contribution >= 4 is 31.8 Å². The summed E-state index contributed by atoms with van der Waals surface area (Å²) in [6.07, 6.45) is 1.19. The Balaban J connectivity index is 2.92. The molecule has 0 aliphatic heterocycles. The van der Waals surface area contributed by atoms with Gasteiger partial charge in [-0.15, -0.1) is 0 Å². The summed E-state index contributed by atoms with van der Waals surface area (Å²) in [4.78, 5) is 4.01. The van der Waals surface area contributed by atoms with E-state index in [1.165, 1.54) is 14.2 Å². The Morgan fingerprint density at radius 3 is 2.76 bits per heavy atom. The second-order valence-electron chi connectivity index (χ2n) is 3.62. The van der Waals surface area contributed by atoms with Crippen molar-refractivity contribution in [1.82, 2.24) is 4.98 Å². The van der Waals surface area contributed by atoms with Crippen molar-refractivity contribution in [3.63, 3.8) is 0 Å². The van der Waals surface area contributed by atoms with Crippen LogP contribution in [-0.2, 0) is 14.8 Å². The molecule has 5 nitrogen and oxygen atoms in total.